The summed E-state index contributed by atoms with van der Waals surface area (Å²) in [5, 5.41) is 6.11. The summed E-state index contributed by atoms with van der Waals surface area (Å²) in [6.45, 7) is 0. The monoisotopic (exact) mass is 485 g/mol. The Kier molecular flexibility index (Phi) is 6.19. The highest BCUT2D eigenvalue weighted by Gasteiger charge is 2.39. The molecular formula is C23H14Cl3N3O3. The Morgan fingerprint density at radius 2 is 1.50 bits per heavy atom. The van der Waals surface area contributed by atoms with Crippen LogP contribution in [0.2, 0.25) is 10.0 Å². The minimum atomic E-state index is -0.676. The Morgan fingerprint density at radius 1 is 0.781 bits per heavy atom. The van der Waals surface area contributed by atoms with E-state index in [2.05, 4.69) is 10.6 Å². The van der Waals surface area contributed by atoms with Gasteiger partial charge in [-0.15, -0.1) is 0 Å². The zero-order valence-electron chi connectivity index (χ0n) is 16.2. The van der Waals surface area contributed by atoms with Crippen LogP contribution in [0, 0.1) is 0 Å². The van der Waals surface area contributed by atoms with E-state index in [0.29, 0.717) is 22.0 Å². The number of hydrogen-bond donors (Lipinski definition) is 2. The molecule has 0 fully saturated rings. The molecule has 0 saturated heterocycles. The second kappa shape index (κ2) is 9.04. The molecule has 0 saturated carbocycles. The predicted molar refractivity (Wildman–Crippen MR) is 126 cm³/mol. The fraction of sp³-hybridized carbons (Fsp3) is 0. The second-order valence-corrected chi connectivity index (χ2v) is 7.97. The number of imide groups is 1. The third-order valence-electron chi connectivity index (χ3n) is 4.62. The molecule has 3 aromatic carbocycles. The summed E-state index contributed by atoms with van der Waals surface area (Å²) in [7, 11) is 0. The maximum atomic E-state index is 12.9. The number of halogens is 3. The number of amides is 3. The van der Waals surface area contributed by atoms with Gasteiger partial charge in [-0.2, -0.15) is 0 Å². The number of anilines is 3. The van der Waals surface area contributed by atoms with Crippen molar-refractivity contribution in [3.63, 3.8) is 0 Å². The maximum Gasteiger partial charge on any atom is 0.283 e. The Hall–Kier alpha value is -3.32. The van der Waals surface area contributed by atoms with Crippen molar-refractivity contribution in [3.8, 4) is 0 Å². The Balaban J connectivity index is 1.49. The average molecular weight is 487 g/mol. The third kappa shape index (κ3) is 4.34. The van der Waals surface area contributed by atoms with E-state index < -0.39 is 11.8 Å². The van der Waals surface area contributed by atoms with Crippen LogP contribution >= 0.6 is 34.8 Å². The van der Waals surface area contributed by atoms with Crippen LogP contribution in [0.3, 0.4) is 0 Å². The summed E-state index contributed by atoms with van der Waals surface area (Å²) in [5.74, 6) is -1.63. The molecule has 6 nitrogen and oxygen atoms in total. The third-order valence-corrected chi connectivity index (χ3v) is 5.52. The average Bonchev–Trinajstić information content (AvgIpc) is 2.98. The SMILES string of the molecule is O=C(Nc1cccc(Cl)c1)c1ccc(NC2=C(Cl)C(=O)N(c3ccccc3Cl)C2=O)cc1. The number of rotatable bonds is 5. The van der Waals surface area contributed by atoms with Crippen LogP contribution in [0.15, 0.2) is 83.5 Å². The molecule has 0 atom stereocenters. The van der Waals surface area contributed by atoms with Crippen LogP contribution in [-0.2, 0) is 9.59 Å². The topological polar surface area (TPSA) is 78.5 Å². The van der Waals surface area contributed by atoms with Gasteiger partial charge >= 0.3 is 0 Å². The van der Waals surface area contributed by atoms with Gasteiger partial charge in [0.2, 0.25) is 0 Å². The summed E-state index contributed by atoms with van der Waals surface area (Å²) < 4.78 is 0. The molecule has 0 spiro atoms. The van der Waals surface area contributed by atoms with E-state index in [-0.39, 0.29) is 27.3 Å². The lowest BCUT2D eigenvalue weighted by molar-refractivity contribution is -0.120. The van der Waals surface area contributed by atoms with Crippen LogP contribution in [0.25, 0.3) is 0 Å². The van der Waals surface area contributed by atoms with Crippen LogP contribution in [0.4, 0.5) is 17.1 Å². The lowest BCUT2D eigenvalue weighted by Gasteiger charge is -2.16. The van der Waals surface area contributed by atoms with Gasteiger partial charge in [-0.3, -0.25) is 14.4 Å². The molecule has 0 radical (unpaired) electrons. The Bertz CT molecular complexity index is 1270. The van der Waals surface area contributed by atoms with Crippen molar-refractivity contribution in [2.24, 2.45) is 0 Å². The van der Waals surface area contributed by atoms with Gasteiger partial charge in [-0.1, -0.05) is 53.0 Å². The fourth-order valence-electron chi connectivity index (χ4n) is 3.08. The van der Waals surface area contributed by atoms with Gasteiger partial charge in [-0.25, -0.2) is 4.90 Å². The van der Waals surface area contributed by atoms with Gasteiger partial charge in [0, 0.05) is 22.0 Å². The summed E-state index contributed by atoms with van der Waals surface area (Å²) in [5.41, 5.74) is 1.60. The van der Waals surface area contributed by atoms with Crippen LogP contribution < -0.4 is 15.5 Å². The highest BCUT2D eigenvalue weighted by molar-refractivity contribution is 6.53. The number of carbonyl (C=O) groups is 3. The van der Waals surface area contributed by atoms with Gasteiger partial charge < -0.3 is 10.6 Å². The number of benzene rings is 3. The van der Waals surface area contributed by atoms with E-state index in [1.807, 2.05) is 0 Å². The molecule has 3 aromatic rings. The smallest absolute Gasteiger partial charge is 0.283 e. The molecule has 2 N–H and O–H groups in total. The lowest BCUT2D eigenvalue weighted by Crippen LogP contribution is -2.32. The van der Waals surface area contributed by atoms with Crippen molar-refractivity contribution >= 4 is 69.6 Å². The number of nitrogens with zero attached hydrogens (tertiary/aromatic N) is 1. The van der Waals surface area contributed by atoms with Crippen molar-refractivity contribution in [1.29, 1.82) is 0 Å². The zero-order valence-corrected chi connectivity index (χ0v) is 18.5. The second-order valence-electron chi connectivity index (χ2n) is 6.75. The molecule has 32 heavy (non-hydrogen) atoms. The molecular weight excluding hydrogens is 473 g/mol. The van der Waals surface area contributed by atoms with Gasteiger partial charge in [0.05, 0.1) is 10.7 Å². The quantitative estimate of drug-likeness (QED) is 0.455. The van der Waals surface area contributed by atoms with E-state index in [1.165, 1.54) is 0 Å². The molecule has 9 heteroatoms. The molecule has 0 aliphatic carbocycles. The van der Waals surface area contributed by atoms with E-state index in [0.717, 1.165) is 4.90 Å². The summed E-state index contributed by atoms with van der Waals surface area (Å²) in [6.07, 6.45) is 0. The molecule has 1 aliphatic rings. The minimum Gasteiger partial charge on any atom is -0.350 e. The van der Waals surface area contributed by atoms with Gasteiger partial charge in [-0.05, 0) is 54.6 Å². The van der Waals surface area contributed by atoms with Crippen molar-refractivity contribution in [3.05, 3.63) is 99.1 Å². The van der Waals surface area contributed by atoms with Gasteiger partial charge in [0.1, 0.15) is 10.7 Å². The normalized spacial score (nSPS) is 13.5. The van der Waals surface area contributed by atoms with Crippen molar-refractivity contribution in [2.45, 2.75) is 0 Å². The summed E-state index contributed by atoms with van der Waals surface area (Å²) in [6, 6.07) is 19.6. The largest absolute Gasteiger partial charge is 0.350 e. The zero-order chi connectivity index (χ0) is 22.8. The summed E-state index contributed by atoms with van der Waals surface area (Å²) in [4.78, 5) is 38.8. The van der Waals surface area contributed by atoms with E-state index in [1.54, 1.807) is 72.8 Å². The Labute approximate surface area is 198 Å². The molecule has 0 aromatic heterocycles. The number of carbonyl (C=O) groups excluding carboxylic acids is 3. The first-order chi connectivity index (χ1) is 15.3. The number of nitrogens with one attached hydrogen (secondary N) is 2. The van der Waals surface area contributed by atoms with Crippen LogP contribution in [-0.4, -0.2) is 17.7 Å². The fourth-order valence-corrected chi connectivity index (χ4v) is 3.71. The highest BCUT2D eigenvalue weighted by atomic mass is 35.5. The first kappa shape index (κ1) is 21.9. The number of para-hydroxylation sites is 1. The van der Waals surface area contributed by atoms with Gasteiger partial charge in [0.15, 0.2) is 0 Å². The molecule has 1 aliphatic heterocycles. The van der Waals surface area contributed by atoms with E-state index in [9.17, 15) is 14.4 Å². The predicted octanol–water partition coefficient (Wildman–Crippen LogP) is 5.68. The van der Waals surface area contributed by atoms with Crippen LogP contribution in [0.1, 0.15) is 10.4 Å². The van der Waals surface area contributed by atoms with Gasteiger partial charge in [0.25, 0.3) is 17.7 Å². The summed E-state index contributed by atoms with van der Waals surface area (Å²) >= 11 is 18.2. The molecule has 160 valence electrons. The Morgan fingerprint density at radius 3 is 2.19 bits per heavy atom. The molecule has 0 unspecified atom stereocenters. The highest BCUT2D eigenvalue weighted by Crippen LogP contribution is 2.34. The maximum absolute atomic E-state index is 12.9. The molecule has 3 amide bonds. The van der Waals surface area contributed by atoms with E-state index in [4.69, 9.17) is 34.8 Å². The van der Waals surface area contributed by atoms with Crippen molar-refractivity contribution < 1.29 is 14.4 Å². The van der Waals surface area contributed by atoms with Crippen molar-refractivity contribution in [2.75, 3.05) is 15.5 Å². The van der Waals surface area contributed by atoms with E-state index >= 15 is 0 Å². The molecule has 1 heterocycles. The standard InChI is InChI=1S/C23H14Cl3N3O3/c24-14-4-3-5-16(12-14)28-21(30)13-8-10-15(11-9-13)27-20-19(26)22(31)29(23(20)32)18-7-2-1-6-17(18)25/h1-12,27H,(H,28,30). The molecule has 4 rings (SSSR count). The van der Waals surface area contributed by atoms with Crippen LogP contribution in [0.5, 0.6) is 0 Å². The lowest BCUT2D eigenvalue weighted by atomic mass is 10.2. The van der Waals surface area contributed by atoms with Crippen molar-refractivity contribution in [1.82, 2.24) is 0 Å². The number of hydrogen-bond acceptors (Lipinski definition) is 4. The minimum absolute atomic E-state index is 0.0762. The first-order valence-corrected chi connectivity index (χ1v) is 10.5. The first-order valence-electron chi connectivity index (χ1n) is 9.32. The molecule has 0 bridgehead atoms.